The van der Waals surface area contributed by atoms with E-state index in [0.29, 0.717) is 23.4 Å². The van der Waals surface area contributed by atoms with Crippen molar-refractivity contribution in [1.82, 2.24) is 29.9 Å². The van der Waals surface area contributed by atoms with Crippen LogP contribution in [0.3, 0.4) is 0 Å². The first-order valence-corrected chi connectivity index (χ1v) is 10.2. The van der Waals surface area contributed by atoms with Gasteiger partial charge < -0.3 is 10.1 Å². The SMILES string of the molecule is Cc1nn(C)cc1C(NC(=O)OC(C)(C)C)C(=O)Nc1ncn(Cc2ccc(C#N)cc2)n1. The second kappa shape index (κ2) is 9.52. The lowest BCUT2D eigenvalue weighted by molar-refractivity contribution is -0.118. The topological polar surface area (TPSA) is 140 Å². The summed E-state index contributed by atoms with van der Waals surface area (Å²) in [5.74, 6) is -0.445. The lowest BCUT2D eigenvalue weighted by Crippen LogP contribution is -2.40. The van der Waals surface area contributed by atoms with Crippen LogP contribution in [0.15, 0.2) is 36.8 Å². The minimum Gasteiger partial charge on any atom is -0.444 e. The number of hydrogen-bond donors (Lipinski definition) is 2. The Hall–Kier alpha value is -4.20. The highest BCUT2D eigenvalue weighted by molar-refractivity contribution is 5.96. The average molecular weight is 451 g/mol. The van der Waals surface area contributed by atoms with Crippen LogP contribution >= 0.6 is 0 Å². The summed E-state index contributed by atoms with van der Waals surface area (Å²) < 4.78 is 8.43. The Morgan fingerprint density at radius 2 is 1.91 bits per heavy atom. The third-order valence-corrected chi connectivity index (χ3v) is 4.48. The second-order valence-electron chi connectivity index (χ2n) is 8.49. The molecule has 0 fully saturated rings. The van der Waals surface area contributed by atoms with E-state index >= 15 is 0 Å². The standard InChI is InChI=1S/C22H26N8O3/c1-14-17(12-29(5)27-14)18(25-21(32)33-22(2,3)4)19(31)26-20-24-13-30(28-20)11-16-8-6-15(10-23)7-9-16/h6-9,12-13,18H,11H2,1-5H3,(H,25,32)(H,26,28,31). The van der Waals surface area contributed by atoms with Gasteiger partial charge in [-0.3, -0.25) is 14.8 Å². The van der Waals surface area contributed by atoms with Gasteiger partial charge in [0.15, 0.2) is 0 Å². The number of aromatic nitrogens is 5. The normalized spacial score (nSPS) is 12.0. The molecule has 1 unspecified atom stereocenters. The summed E-state index contributed by atoms with van der Waals surface area (Å²) in [6.07, 6.45) is 2.41. The van der Waals surface area contributed by atoms with Crippen LogP contribution in [0.4, 0.5) is 10.7 Å². The van der Waals surface area contributed by atoms with Crippen molar-refractivity contribution < 1.29 is 14.3 Å². The monoisotopic (exact) mass is 450 g/mol. The molecule has 2 amide bonds. The summed E-state index contributed by atoms with van der Waals surface area (Å²) >= 11 is 0. The second-order valence-corrected chi connectivity index (χ2v) is 8.49. The van der Waals surface area contributed by atoms with Crippen LogP contribution in [0, 0.1) is 18.3 Å². The van der Waals surface area contributed by atoms with Gasteiger partial charge in [0.05, 0.1) is 23.9 Å². The highest BCUT2D eigenvalue weighted by Gasteiger charge is 2.29. The molecule has 11 heteroatoms. The molecule has 0 radical (unpaired) electrons. The van der Waals surface area contributed by atoms with Gasteiger partial charge in [-0.1, -0.05) is 12.1 Å². The van der Waals surface area contributed by atoms with Crippen LogP contribution in [0.2, 0.25) is 0 Å². The summed E-state index contributed by atoms with van der Waals surface area (Å²) in [6, 6.07) is 8.10. The smallest absolute Gasteiger partial charge is 0.408 e. The molecule has 1 atom stereocenters. The lowest BCUT2D eigenvalue weighted by atomic mass is 10.1. The molecule has 3 aromatic rings. The van der Waals surface area contributed by atoms with Crippen molar-refractivity contribution in [2.45, 2.75) is 45.9 Å². The fourth-order valence-corrected chi connectivity index (χ4v) is 3.09. The van der Waals surface area contributed by atoms with E-state index in [1.165, 1.54) is 6.33 Å². The van der Waals surface area contributed by atoms with E-state index in [1.807, 2.05) is 12.1 Å². The van der Waals surface area contributed by atoms with E-state index in [9.17, 15) is 9.59 Å². The van der Waals surface area contributed by atoms with Crippen molar-refractivity contribution in [3.8, 4) is 6.07 Å². The third-order valence-electron chi connectivity index (χ3n) is 4.48. The molecule has 0 saturated heterocycles. The maximum absolute atomic E-state index is 13.1. The zero-order valence-corrected chi connectivity index (χ0v) is 19.2. The quantitative estimate of drug-likeness (QED) is 0.588. The maximum Gasteiger partial charge on any atom is 0.408 e. The number of ether oxygens (including phenoxy) is 1. The van der Waals surface area contributed by atoms with Crippen LogP contribution in [-0.4, -0.2) is 42.1 Å². The zero-order valence-electron chi connectivity index (χ0n) is 19.2. The first kappa shape index (κ1) is 23.5. The molecule has 0 aliphatic carbocycles. The first-order chi connectivity index (χ1) is 15.5. The fourth-order valence-electron chi connectivity index (χ4n) is 3.09. The predicted octanol–water partition coefficient (Wildman–Crippen LogP) is 2.44. The Morgan fingerprint density at radius 1 is 1.21 bits per heavy atom. The molecule has 0 bridgehead atoms. The molecule has 2 N–H and O–H groups in total. The number of carbonyl (C=O) groups excluding carboxylic acids is 2. The average Bonchev–Trinajstić information content (AvgIpc) is 3.30. The number of nitriles is 1. The molecule has 2 aromatic heterocycles. The van der Waals surface area contributed by atoms with E-state index in [2.05, 4.69) is 31.9 Å². The Balaban J connectivity index is 1.74. The maximum atomic E-state index is 13.1. The van der Waals surface area contributed by atoms with Crippen molar-refractivity contribution >= 4 is 17.9 Å². The third kappa shape index (κ3) is 6.39. The minimum atomic E-state index is -1.06. The summed E-state index contributed by atoms with van der Waals surface area (Å²) in [7, 11) is 1.73. The van der Waals surface area contributed by atoms with Gasteiger partial charge in [0.25, 0.3) is 5.91 Å². The molecule has 0 aliphatic heterocycles. The first-order valence-electron chi connectivity index (χ1n) is 10.2. The molecule has 172 valence electrons. The van der Waals surface area contributed by atoms with Crippen LogP contribution in [-0.2, 0) is 23.1 Å². The number of alkyl carbamates (subject to hydrolysis) is 1. The molecular weight excluding hydrogens is 424 g/mol. The van der Waals surface area contributed by atoms with E-state index in [4.69, 9.17) is 10.00 Å². The van der Waals surface area contributed by atoms with Crippen molar-refractivity contribution in [1.29, 1.82) is 5.26 Å². The number of anilines is 1. The van der Waals surface area contributed by atoms with Crippen molar-refractivity contribution in [3.63, 3.8) is 0 Å². The van der Waals surface area contributed by atoms with Gasteiger partial charge in [-0.05, 0) is 45.4 Å². The number of amides is 2. The number of hydrogen-bond acceptors (Lipinski definition) is 7. The van der Waals surface area contributed by atoms with Gasteiger partial charge in [0.1, 0.15) is 18.0 Å². The van der Waals surface area contributed by atoms with Crippen LogP contribution in [0.25, 0.3) is 0 Å². The Labute approximate surface area is 191 Å². The Kier molecular flexibility index (Phi) is 6.77. The summed E-state index contributed by atoms with van der Waals surface area (Å²) in [5, 5.41) is 22.7. The number of nitrogens with one attached hydrogen (secondary N) is 2. The summed E-state index contributed by atoms with van der Waals surface area (Å²) in [4.78, 5) is 29.6. The van der Waals surface area contributed by atoms with Gasteiger partial charge in [0, 0.05) is 18.8 Å². The fraction of sp³-hybridized carbons (Fsp3) is 0.364. The molecule has 11 nitrogen and oxygen atoms in total. The van der Waals surface area contributed by atoms with Crippen molar-refractivity contribution in [2.24, 2.45) is 7.05 Å². The lowest BCUT2D eigenvalue weighted by Gasteiger charge is -2.23. The Bertz CT molecular complexity index is 1180. The van der Waals surface area contributed by atoms with E-state index in [-0.39, 0.29) is 5.95 Å². The van der Waals surface area contributed by atoms with Crippen LogP contribution in [0.1, 0.15) is 49.2 Å². The van der Waals surface area contributed by atoms with Crippen molar-refractivity contribution in [3.05, 3.63) is 59.2 Å². The molecule has 1 aromatic carbocycles. The highest BCUT2D eigenvalue weighted by atomic mass is 16.6. The Morgan fingerprint density at radius 3 is 2.48 bits per heavy atom. The zero-order chi connectivity index (χ0) is 24.2. The predicted molar refractivity (Wildman–Crippen MR) is 119 cm³/mol. The van der Waals surface area contributed by atoms with Gasteiger partial charge in [-0.25, -0.2) is 14.5 Å². The van der Waals surface area contributed by atoms with E-state index < -0.39 is 23.6 Å². The minimum absolute atomic E-state index is 0.0891. The molecule has 0 saturated carbocycles. The molecule has 0 aliphatic rings. The number of aryl methyl sites for hydroxylation is 2. The highest BCUT2D eigenvalue weighted by Crippen LogP contribution is 2.19. The van der Waals surface area contributed by atoms with Gasteiger partial charge in [-0.2, -0.15) is 10.4 Å². The molecule has 0 spiro atoms. The van der Waals surface area contributed by atoms with Gasteiger partial charge >= 0.3 is 6.09 Å². The molecule has 33 heavy (non-hydrogen) atoms. The van der Waals surface area contributed by atoms with Crippen LogP contribution < -0.4 is 10.6 Å². The number of nitrogens with zero attached hydrogens (tertiary/aromatic N) is 6. The number of benzene rings is 1. The van der Waals surface area contributed by atoms with Gasteiger partial charge in [-0.15, -0.1) is 5.10 Å². The van der Waals surface area contributed by atoms with E-state index in [0.717, 1.165) is 5.56 Å². The van der Waals surface area contributed by atoms with Crippen molar-refractivity contribution in [2.75, 3.05) is 5.32 Å². The van der Waals surface area contributed by atoms with Crippen LogP contribution in [0.5, 0.6) is 0 Å². The number of carbonyl (C=O) groups is 2. The number of rotatable bonds is 6. The summed E-state index contributed by atoms with van der Waals surface area (Å²) in [6.45, 7) is 7.37. The molecular formula is C22H26N8O3. The van der Waals surface area contributed by atoms with E-state index in [1.54, 1.807) is 62.4 Å². The summed E-state index contributed by atoms with van der Waals surface area (Å²) in [5.41, 5.74) is 1.89. The molecule has 2 heterocycles. The largest absolute Gasteiger partial charge is 0.444 e. The van der Waals surface area contributed by atoms with Gasteiger partial charge in [0.2, 0.25) is 5.95 Å². The molecule has 3 rings (SSSR count).